The van der Waals surface area contributed by atoms with Gasteiger partial charge in [0.05, 0.1) is 0 Å². The number of H-pyrrole nitrogens is 1. The van der Waals surface area contributed by atoms with Crippen LogP contribution in [0.4, 0.5) is 5.82 Å². The van der Waals surface area contributed by atoms with Crippen LogP contribution in [0.25, 0.3) is 0 Å². The first-order valence-electron chi connectivity index (χ1n) is 6.49. The van der Waals surface area contributed by atoms with Crippen molar-refractivity contribution in [3.63, 3.8) is 0 Å². The fraction of sp³-hybridized carbons (Fsp3) is 0.462. The summed E-state index contributed by atoms with van der Waals surface area (Å²) in [6.45, 7) is 2.01. The number of thioether (sulfide) groups is 1. The minimum atomic E-state index is 0.464. The first-order valence-corrected chi connectivity index (χ1v) is 7.71. The van der Waals surface area contributed by atoms with Crippen molar-refractivity contribution in [2.24, 2.45) is 0 Å². The molecule has 1 unspecified atom stereocenters. The Labute approximate surface area is 116 Å². The Kier molecular flexibility index (Phi) is 3.68. The summed E-state index contributed by atoms with van der Waals surface area (Å²) in [5.41, 5.74) is 0. The zero-order valence-corrected chi connectivity index (χ0v) is 11.7. The molecule has 1 aliphatic heterocycles. The first-order chi connectivity index (χ1) is 9.36. The highest BCUT2D eigenvalue weighted by Crippen LogP contribution is 2.27. The molecule has 0 spiro atoms. The third-order valence-corrected chi connectivity index (χ3v) is 4.12. The van der Waals surface area contributed by atoms with E-state index in [1.807, 2.05) is 24.7 Å². The third-order valence-electron chi connectivity index (χ3n) is 3.49. The maximum atomic E-state index is 4.37. The lowest BCUT2D eigenvalue weighted by atomic mass is 9.97. The average Bonchev–Trinajstić information content (AvgIpc) is 3.02. The van der Waals surface area contributed by atoms with Gasteiger partial charge in [0.15, 0.2) is 5.82 Å². The number of anilines is 1. The SMILES string of the molecule is CSc1ccc(N2CCCC(c3ncc[nH]3)C2)nn1. The van der Waals surface area contributed by atoms with Gasteiger partial charge < -0.3 is 9.88 Å². The Morgan fingerprint density at radius 3 is 3.00 bits per heavy atom. The van der Waals surface area contributed by atoms with Gasteiger partial charge in [0.2, 0.25) is 0 Å². The highest BCUT2D eigenvalue weighted by Gasteiger charge is 2.23. The fourth-order valence-electron chi connectivity index (χ4n) is 2.50. The maximum absolute atomic E-state index is 4.37. The topological polar surface area (TPSA) is 57.7 Å². The van der Waals surface area contributed by atoms with Crippen LogP contribution in [-0.4, -0.2) is 39.5 Å². The van der Waals surface area contributed by atoms with E-state index >= 15 is 0 Å². The highest BCUT2D eigenvalue weighted by molar-refractivity contribution is 7.98. The van der Waals surface area contributed by atoms with E-state index in [2.05, 4.69) is 31.1 Å². The molecule has 0 bridgehead atoms. The van der Waals surface area contributed by atoms with E-state index in [9.17, 15) is 0 Å². The van der Waals surface area contributed by atoms with E-state index in [1.165, 1.54) is 6.42 Å². The normalized spacial score (nSPS) is 19.6. The summed E-state index contributed by atoms with van der Waals surface area (Å²) in [5, 5.41) is 9.48. The molecule has 2 aromatic heterocycles. The highest BCUT2D eigenvalue weighted by atomic mass is 32.2. The molecule has 0 aromatic carbocycles. The van der Waals surface area contributed by atoms with Crippen LogP contribution in [0.3, 0.4) is 0 Å². The Morgan fingerprint density at radius 1 is 1.37 bits per heavy atom. The quantitative estimate of drug-likeness (QED) is 0.871. The summed E-state index contributed by atoms with van der Waals surface area (Å²) in [6, 6.07) is 4.09. The maximum Gasteiger partial charge on any atom is 0.151 e. The lowest BCUT2D eigenvalue weighted by molar-refractivity contribution is 0.490. The van der Waals surface area contributed by atoms with Crippen molar-refractivity contribution in [3.05, 3.63) is 30.4 Å². The van der Waals surface area contributed by atoms with Gasteiger partial charge in [-0.2, -0.15) is 0 Å². The van der Waals surface area contributed by atoms with Gasteiger partial charge in [-0.3, -0.25) is 0 Å². The van der Waals surface area contributed by atoms with Gasteiger partial charge in [-0.1, -0.05) is 0 Å². The van der Waals surface area contributed by atoms with Crippen molar-refractivity contribution in [1.29, 1.82) is 0 Å². The summed E-state index contributed by atoms with van der Waals surface area (Å²) >= 11 is 1.62. The molecule has 0 radical (unpaired) electrons. The van der Waals surface area contributed by atoms with E-state index in [-0.39, 0.29) is 0 Å². The van der Waals surface area contributed by atoms with Crippen LogP contribution < -0.4 is 4.90 Å². The summed E-state index contributed by atoms with van der Waals surface area (Å²) < 4.78 is 0. The van der Waals surface area contributed by atoms with E-state index in [0.29, 0.717) is 5.92 Å². The second-order valence-corrected chi connectivity index (χ2v) is 5.52. The van der Waals surface area contributed by atoms with Crippen LogP contribution in [0.2, 0.25) is 0 Å². The summed E-state index contributed by atoms with van der Waals surface area (Å²) in [4.78, 5) is 9.89. The number of nitrogens with zero attached hydrogens (tertiary/aromatic N) is 4. The predicted molar refractivity (Wildman–Crippen MR) is 76.6 cm³/mol. The first kappa shape index (κ1) is 12.5. The van der Waals surface area contributed by atoms with E-state index in [0.717, 1.165) is 36.2 Å². The van der Waals surface area contributed by atoms with Crippen molar-refractivity contribution in [2.45, 2.75) is 23.8 Å². The average molecular weight is 275 g/mol. The number of nitrogens with one attached hydrogen (secondary N) is 1. The zero-order chi connectivity index (χ0) is 13.1. The van der Waals surface area contributed by atoms with Crippen LogP contribution in [0.1, 0.15) is 24.6 Å². The molecule has 1 N–H and O–H groups in total. The molecule has 100 valence electrons. The number of piperidine rings is 1. The molecule has 5 nitrogen and oxygen atoms in total. The smallest absolute Gasteiger partial charge is 0.151 e. The Bertz CT molecular complexity index is 510. The minimum absolute atomic E-state index is 0.464. The number of rotatable bonds is 3. The predicted octanol–water partition coefficient (Wildman–Crippen LogP) is 2.31. The van der Waals surface area contributed by atoms with Gasteiger partial charge >= 0.3 is 0 Å². The fourth-order valence-corrected chi connectivity index (χ4v) is 2.83. The van der Waals surface area contributed by atoms with Crippen LogP contribution in [0.5, 0.6) is 0 Å². The monoisotopic (exact) mass is 275 g/mol. The molecule has 3 heterocycles. The Balaban J connectivity index is 1.73. The molecule has 1 aliphatic rings. The molecule has 6 heteroatoms. The summed E-state index contributed by atoms with van der Waals surface area (Å²) in [5.74, 6) is 2.51. The van der Waals surface area contributed by atoms with Crippen LogP contribution in [-0.2, 0) is 0 Å². The molecule has 1 atom stereocenters. The number of hydrogen-bond donors (Lipinski definition) is 1. The molecule has 2 aromatic rings. The minimum Gasteiger partial charge on any atom is -0.354 e. The summed E-state index contributed by atoms with van der Waals surface area (Å²) in [7, 11) is 0. The number of aromatic amines is 1. The van der Waals surface area contributed by atoms with Crippen LogP contribution in [0, 0.1) is 0 Å². The number of hydrogen-bond acceptors (Lipinski definition) is 5. The van der Waals surface area contributed by atoms with Gasteiger partial charge in [-0.05, 0) is 31.2 Å². The molecule has 0 aliphatic carbocycles. The van der Waals surface area contributed by atoms with Gasteiger partial charge in [0.1, 0.15) is 10.9 Å². The Hall–Kier alpha value is -1.56. The van der Waals surface area contributed by atoms with Gasteiger partial charge in [0.25, 0.3) is 0 Å². The summed E-state index contributed by atoms with van der Waals surface area (Å²) in [6.07, 6.45) is 8.07. The van der Waals surface area contributed by atoms with Crippen molar-refractivity contribution in [1.82, 2.24) is 20.2 Å². The number of aromatic nitrogens is 4. The third kappa shape index (κ3) is 2.73. The second-order valence-electron chi connectivity index (χ2n) is 4.69. The van der Waals surface area contributed by atoms with E-state index < -0.39 is 0 Å². The molecule has 3 rings (SSSR count). The lowest BCUT2D eigenvalue weighted by Gasteiger charge is -2.32. The lowest BCUT2D eigenvalue weighted by Crippen LogP contribution is -2.35. The van der Waals surface area contributed by atoms with Crippen molar-refractivity contribution < 1.29 is 0 Å². The molecule has 19 heavy (non-hydrogen) atoms. The van der Waals surface area contributed by atoms with Crippen LogP contribution in [0.15, 0.2) is 29.6 Å². The second kappa shape index (κ2) is 5.61. The van der Waals surface area contributed by atoms with Crippen molar-refractivity contribution in [2.75, 3.05) is 24.2 Å². The Morgan fingerprint density at radius 2 is 2.32 bits per heavy atom. The standard InChI is InChI=1S/C13H17N5S/c1-19-12-5-4-11(16-17-12)18-8-2-3-10(9-18)13-14-6-7-15-13/h4-7,10H,2-3,8-9H2,1H3,(H,14,15). The molecule has 1 fully saturated rings. The molecular weight excluding hydrogens is 258 g/mol. The van der Waals surface area contributed by atoms with Crippen molar-refractivity contribution >= 4 is 17.6 Å². The molecular formula is C13H17N5S. The zero-order valence-electron chi connectivity index (χ0n) is 10.9. The van der Waals surface area contributed by atoms with E-state index in [4.69, 9.17) is 0 Å². The van der Waals surface area contributed by atoms with Gasteiger partial charge in [-0.25, -0.2) is 4.98 Å². The van der Waals surface area contributed by atoms with E-state index in [1.54, 1.807) is 11.8 Å². The largest absolute Gasteiger partial charge is 0.354 e. The molecule has 0 amide bonds. The molecule has 1 saturated heterocycles. The van der Waals surface area contributed by atoms with Crippen LogP contribution >= 0.6 is 11.8 Å². The van der Waals surface area contributed by atoms with Gasteiger partial charge in [0, 0.05) is 31.4 Å². The number of imidazole rings is 1. The van der Waals surface area contributed by atoms with Gasteiger partial charge in [-0.15, -0.1) is 22.0 Å². The van der Waals surface area contributed by atoms with Crippen molar-refractivity contribution in [3.8, 4) is 0 Å². The molecule has 0 saturated carbocycles.